The summed E-state index contributed by atoms with van der Waals surface area (Å²) in [7, 11) is 0. The maximum atomic E-state index is 13.4. The number of hydrogen-bond acceptors (Lipinski definition) is 7. The van der Waals surface area contributed by atoms with Crippen molar-refractivity contribution >= 4 is 34.5 Å². The third-order valence-electron chi connectivity index (χ3n) is 6.58. The van der Waals surface area contributed by atoms with Crippen LogP contribution in [0.1, 0.15) is 37.7 Å². The van der Waals surface area contributed by atoms with Gasteiger partial charge in [-0.15, -0.1) is 5.10 Å². The summed E-state index contributed by atoms with van der Waals surface area (Å²) in [6.45, 7) is 7.47. The van der Waals surface area contributed by atoms with E-state index in [0.29, 0.717) is 34.4 Å². The summed E-state index contributed by atoms with van der Waals surface area (Å²) in [4.78, 5) is 18.5. The minimum atomic E-state index is -0.218. The molecule has 3 aromatic heterocycles. The zero-order valence-electron chi connectivity index (χ0n) is 24.2. The highest BCUT2D eigenvalue weighted by molar-refractivity contribution is 7.15. The van der Waals surface area contributed by atoms with E-state index in [-0.39, 0.29) is 5.56 Å². The molecule has 3 aromatic carbocycles. The molecule has 0 aliphatic carbocycles. The van der Waals surface area contributed by atoms with Crippen LogP contribution < -0.4 is 19.6 Å². The number of thiazole rings is 1. The van der Waals surface area contributed by atoms with Crippen LogP contribution in [0, 0.1) is 5.92 Å². The molecule has 0 saturated heterocycles. The van der Waals surface area contributed by atoms with Gasteiger partial charge in [-0.1, -0.05) is 61.6 Å². The Balaban J connectivity index is 1.32. The Morgan fingerprint density at radius 1 is 0.884 bits per heavy atom. The maximum absolute atomic E-state index is 13.4. The van der Waals surface area contributed by atoms with Crippen molar-refractivity contribution in [3.8, 4) is 28.4 Å². The van der Waals surface area contributed by atoms with Crippen LogP contribution in [-0.2, 0) is 0 Å². The van der Waals surface area contributed by atoms with Crippen LogP contribution in [0.4, 0.5) is 0 Å². The minimum absolute atomic E-state index is 0.218. The first kappa shape index (κ1) is 28.1. The average Bonchev–Trinajstić information content (AvgIpc) is 3.71. The Morgan fingerprint density at radius 2 is 1.60 bits per heavy atom. The van der Waals surface area contributed by atoms with Gasteiger partial charge in [0.15, 0.2) is 5.82 Å². The molecule has 43 heavy (non-hydrogen) atoms. The Hall–Kier alpha value is -5.02. The van der Waals surface area contributed by atoms with Crippen molar-refractivity contribution in [2.45, 2.75) is 20.8 Å². The van der Waals surface area contributed by atoms with Gasteiger partial charge in [-0.25, -0.2) is 4.68 Å². The maximum Gasteiger partial charge on any atom is 0.291 e. The number of para-hydroxylation sites is 1. The zero-order valence-corrected chi connectivity index (χ0v) is 25.0. The van der Waals surface area contributed by atoms with E-state index in [9.17, 15) is 4.79 Å². The molecule has 3 heterocycles. The fraction of sp³-hybridized carbons (Fsp3) is 0.176. The van der Waals surface area contributed by atoms with E-state index >= 15 is 0 Å². The first-order valence-corrected chi connectivity index (χ1v) is 15.0. The first-order valence-electron chi connectivity index (χ1n) is 14.2. The van der Waals surface area contributed by atoms with Crippen molar-refractivity contribution < 1.29 is 9.47 Å². The minimum Gasteiger partial charge on any atom is -0.494 e. The Bertz CT molecular complexity index is 1970. The molecule has 0 atom stereocenters. The van der Waals surface area contributed by atoms with Gasteiger partial charge < -0.3 is 9.47 Å². The second kappa shape index (κ2) is 12.5. The highest BCUT2D eigenvalue weighted by Crippen LogP contribution is 2.27. The van der Waals surface area contributed by atoms with Gasteiger partial charge in [-0.05, 0) is 79.1 Å². The molecule has 0 amide bonds. The van der Waals surface area contributed by atoms with Crippen molar-refractivity contribution in [3.63, 3.8) is 0 Å². The lowest BCUT2D eigenvalue weighted by atomic mass is 10.1. The molecule has 8 nitrogen and oxygen atoms in total. The van der Waals surface area contributed by atoms with Crippen molar-refractivity contribution in [1.29, 1.82) is 0 Å². The molecule has 0 spiro atoms. The molecule has 6 aromatic rings. The number of hydrogen-bond donors (Lipinski definition) is 0. The van der Waals surface area contributed by atoms with Crippen LogP contribution in [0.5, 0.6) is 11.5 Å². The van der Waals surface area contributed by atoms with Crippen LogP contribution in [-0.4, -0.2) is 37.6 Å². The highest BCUT2D eigenvalue weighted by atomic mass is 32.1. The van der Waals surface area contributed by atoms with E-state index in [1.54, 1.807) is 6.08 Å². The molecule has 6 rings (SSSR count). The predicted molar refractivity (Wildman–Crippen MR) is 172 cm³/mol. The quantitative estimate of drug-likeness (QED) is 0.191. The number of aromatic nitrogens is 5. The van der Waals surface area contributed by atoms with Gasteiger partial charge in [0.1, 0.15) is 17.2 Å². The molecular weight excluding hydrogens is 558 g/mol. The largest absolute Gasteiger partial charge is 0.494 e. The predicted octanol–water partition coefficient (Wildman–Crippen LogP) is 6.16. The molecule has 216 valence electrons. The SMILES string of the molecule is CCOc1ccc(/C=C/c2nc3s/c(=C\c4cn(-c5ccccc5)nc4-c4ccc(OCC(C)C)cc4)c(=O)n3n2)cc1. The summed E-state index contributed by atoms with van der Waals surface area (Å²) in [5, 5.41) is 9.34. The topological polar surface area (TPSA) is 83.5 Å². The zero-order chi connectivity index (χ0) is 29.8. The molecule has 0 N–H and O–H groups in total. The average molecular weight is 590 g/mol. The first-order chi connectivity index (χ1) is 21.0. The summed E-state index contributed by atoms with van der Waals surface area (Å²) >= 11 is 1.30. The number of nitrogens with zero attached hydrogens (tertiary/aromatic N) is 5. The third kappa shape index (κ3) is 6.42. The summed E-state index contributed by atoms with van der Waals surface area (Å²) in [6, 6.07) is 25.6. The monoisotopic (exact) mass is 589 g/mol. The standard InChI is InChI=1S/C34H31N5O3S/c1-4-41-28-15-10-24(11-16-28)12-19-31-35-34-39(36-31)33(40)30(43-34)20-26-21-38(27-8-6-5-7-9-27)37-32(26)25-13-17-29(18-14-25)42-22-23(2)3/h5-21,23H,4,22H2,1-3H3/b19-12+,30-20-. The van der Waals surface area contributed by atoms with E-state index in [1.807, 2.05) is 109 Å². The number of fused-ring (bicyclic) bond motifs is 1. The van der Waals surface area contributed by atoms with Crippen LogP contribution in [0.15, 0.2) is 89.9 Å². The molecule has 0 saturated carbocycles. The van der Waals surface area contributed by atoms with E-state index in [4.69, 9.17) is 14.6 Å². The van der Waals surface area contributed by atoms with Gasteiger partial charge in [0, 0.05) is 17.3 Å². The lowest BCUT2D eigenvalue weighted by molar-refractivity contribution is 0.271. The van der Waals surface area contributed by atoms with Gasteiger partial charge in [-0.3, -0.25) is 4.79 Å². The van der Waals surface area contributed by atoms with Crippen LogP contribution in [0.2, 0.25) is 0 Å². The smallest absolute Gasteiger partial charge is 0.291 e. The lowest BCUT2D eigenvalue weighted by Crippen LogP contribution is -2.23. The van der Waals surface area contributed by atoms with Crippen molar-refractivity contribution in [1.82, 2.24) is 24.4 Å². The van der Waals surface area contributed by atoms with Crippen molar-refractivity contribution in [3.05, 3.63) is 117 Å². The molecule has 0 aliphatic heterocycles. The van der Waals surface area contributed by atoms with Crippen molar-refractivity contribution in [2.24, 2.45) is 5.92 Å². The number of rotatable bonds is 10. The molecule has 0 radical (unpaired) electrons. The van der Waals surface area contributed by atoms with E-state index < -0.39 is 0 Å². The number of benzene rings is 3. The second-order valence-electron chi connectivity index (χ2n) is 10.4. The van der Waals surface area contributed by atoms with Gasteiger partial charge >= 0.3 is 0 Å². The summed E-state index contributed by atoms with van der Waals surface area (Å²) in [6.07, 6.45) is 7.52. The second-order valence-corrected chi connectivity index (χ2v) is 11.4. The van der Waals surface area contributed by atoms with Crippen molar-refractivity contribution in [2.75, 3.05) is 13.2 Å². The Morgan fingerprint density at radius 3 is 2.30 bits per heavy atom. The molecule has 0 bridgehead atoms. The van der Waals surface area contributed by atoms with Crippen LogP contribution >= 0.6 is 11.3 Å². The molecule has 9 heteroatoms. The van der Waals surface area contributed by atoms with Gasteiger partial charge in [0.25, 0.3) is 5.56 Å². The van der Waals surface area contributed by atoms with E-state index in [1.165, 1.54) is 15.9 Å². The lowest BCUT2D eigenvalue weighted by Gasteiger charge is -2.09. The van der Waals surface area contributed by atoms with E-state index in [2.05, 4.69) is 23.9 Å². The van der Waals surface area contributed by atoms with Gasteiger partial charge in [-0.2, -0.15) is 14.6 Å². The highest BCUT2D eigenvalue weighted by Gasteiger charge is 2.14. The molecule has 0 fully saturated rings. The van der Waals surface area contributed by atoms with Crippen LogP contribution in [0.25, 0.3) is 40.1 Å². The number of ether oxygens (including phenoxy) is 2. The summed E-state index contributed by atoms with van der Waals surface area (Å²) < 4.78 is 15.1. The normalized spacial score (nSPS) is 12.1. The fourth-order valence-corrected chi connectivity index (χ4v) is 5.38. The van der Waals surface area contributed by atoms with E-state index in [0.717, 1.165) is 39.6 Å². The molecule has 0 aliphatic rings. The van der Waals surface area contributed by atoms with Gasteiger partial charge in [0.05, 0.1) is 23.4 Å². The Kier molecular flexibility index (Phi) is 8.15. The van der Waals surface area contributed by atoms with Crippen LogP contribution in [0.3, 0.4) is 0 Å². The Labute approximate surface area is 253 Å². The summed E-state index contributed by atoms with van der Waals surface area (Å²) in [5.74, 6) is 2.55. The summed E-state index contributed by atoms with van der Waals surface area (Å²) in [5.41, 5.74) is 4.19. The van der Waals surface area contributed by atoms with Gasteiger partial charge in [0.2, 0.25) is 4.96 Å². The molecular formula is C34H31N5O3S. The fourth-order valence-electron chi connectivity index (χ4n) is 4.48. The molecule has 0 unspecified atom stereocenters. The third-order valence-corrected chi connectivity index (χ3v) is 7.53.